The second-order valence-electron chi connectivity index (χ2n) is 4.64. The van der Waals surface area contributed by atoms with Gasteiger partial charge in [0.1, 0.15) is 12.4 Å². The molecule has 1 amide bonds. The number of nitrogens with two attached hydrogens (primary N) is 1. The predicted molar refractivity (Wildman–Crippen MR) is 74.2 cm³/mol. The Morgan fingerprint density at radius 3 is 2.95 bits per heavy atom. The van der Waals surface area contributed by atoms with Gasteiger partial charge in [0, 0.05) is 25.4 Å². The van der Waals surface area contributed by atoms with Gasteiger partial charge in [0.15, 0.2) is 0 Å². The topological polar surface area (TPSA) is 87.9 Å². The zero-order valence-electron chi connectivity index (χ0n) is 11.5. The molecule has 7 heteroatoms. The number of halogens is 1. The van der Waals surface area contributed by atoms with Crippen LogP contribution in [0, 0.1) is 17.1 Å². The number of aromatic nitrogens is 2. The molecule has 2 N–H and O–H groups in total. The van der Waals surface area contributed by atoms with Crippen molar-refractivity contribution in [3.8, 4) is 6.07 Å². The summed E-state index contributed by atoms with van der Waals surface area (Å²) < 4.78 is 15.1. The van der Waals surface area contributed by atoms with Gasteiger partial charge in [0.2, 0.25) is 5.91 Å². The lowest BCUT2D eigenvalue weighted by Crippen LogP contribution is -2.30. The van der Waals surface area contributed by atoms with E-state index in [1.54, 1.807) is 13.2 Å². The van der Waals surface area contributed by atoms with Crippen LogP contribution in [0.5, 0.6) is 0 Å². The zero-order valence-corrected chi connectivity index (χ0v) is 11.5. The number of likely N-dealkylation sites (N-methyl/N-ethyl adjacent to an activating group) is 1. The Bertz CT molecular complexity index is 704. The van der Waals surface area contributed by atoms with E-state index >= 15 is 0 Å². The first-order chi connectivity index (χ1) is 9.99. The summed E-state index contributed by atoms with van der Waals surface area (Å²) in [6, 6.07) is 6.00. The van der Waals surface area contributed by atoms with E-state index in [0.29, 0.717) is 16.8 Å². The summed E-state index contributed by atoms with van der Waals surface area (Å²) in [5.74, 6) is -0.683. The summed E-state index contributed by atoms with van der Waals surface area (Å²) in [7, 11) is 1.56. The number of hydrogen-bond donors (Lipinski definition) is 1. The van der Waals surface area contributed by atoms with Crippen LogP contribution in [0.4, 0.5) is 10.1 Å². The second kappa shape index (κ2) is 6.05. The van der Waals surface area contributed by atoms with Crippen LogP contribution in [0.3, 0.4) is 0 Å². The van der Waals surface area contributed by atoms with Gasteiger partial charge in [-0.2, -0.15) is 10.4 Å². The minimum atomic E-state index is -0.447. The maximum Gasteiger partial charge on any atom is 0.244 e. The molecular formula is C14H14FN5O. The first kappa shape index (κ1) is 14.5. The molecule has 0 spiro atoms. The number of nitrogens with zero attached hydrogens (tertiary/aromatic N) is 4. The number of nitrogen functional groups attached to an aromatic ring is 1. The summed E-state index contributed by atoms with van der Waals surface area (Å²) in [6.07, 6.45) is 2.99. The van der Waals surface area contributed by atoms with Crippen LogP contribution >= 0.6 is 0 Å². The van der Waals surface area contributed by atoms with Gasteiger partial charge in [-0.3, -0.25) is 9.48 Å². The van der Waals surface area contributed by atoms with Crippen molar-refractivity contribution in [1.82, 2.24) is 14.7 Å². The fourth-order valence-corrected chi connectivity index (χ4v) is 1.83. The number of carbonyl (C=O) groups is 1. The first-order valence-corrected chi connectivity index (χ1v) is 6.20. The van der Waals surface area contributed by atoms with Crippen LogP contribution in [0.1, 0.15) is 11.1 Å². The average Bonchev–Trinajstić information content (AvgIpc) is 2.86. The Morgan fingerprint density at radius 1 is 1.57 bits per heavy atom. The van der Waals surface area contributed by atoms with E-state index in [9.17, 15) is 9.18 Å². The van der Waals surface area contributed by atoms with Gasteiger partial charge in [0.25, 0.3) is 0 Å². The van der Waals surface area contributed by atoms with Crippen molar-refractivity contribution in [2.24, 2.45) is 0 Å². The van der Waals surface area contributed by atoms with E-state index < -0.39 is 5.82 Å². The molecule has 0 saturated heterocycles. The lowest BCUT2D eigenvalue weighted by molar-refractivity contribution is -0.131. The van der Waals surface area contributed by atoms with Crippen LogP contribution < -0.4 is 5.73 Å². The number of benzene rings is 1. The van der Waals surface area contributed by atoms with Crippen LogP contribution in [0.25, 0.3) is 0 Å². The number of hydrogen-bond acceptors (Lipinski definition) is 4. The second-order valence-corrected chi connectivity index (χ2v) is 4.64. The maximum absolute atomic E-state index is 13.7. The minimum Gasteiger partial charge on any atom is -0.396 e. The van der Waals surface area contributed by atoms with E-state index in [-0.39, 0.29) is 19.0 Å². The Hall–Kier alpha value is -2.88. The minimum absolute atomic E-state index is 0.0211. The molecule has 0 aliphatic carbocycles. The van der Waals surface area contributed by atoms with E-state index in [2.05, 4.69) is 5.10 Å². The Morgan fingerprint density at radius 2 is 2.33 bits per heavy atom. The van der Waals surface area contributed by atoms with Crippen LogP contribution in [-0.4, -0.2) is 27.6 Å². The van der Waals surface area contributed by atoms with Gasteiger partial charge in [-0.25, -0.2) is 4.39 Å². The Balaban J connectivity index is 2.05. The summed E-state index contributed by atoms with van der Waals surface area (Å²) in [6.45, 7) is 0.101. The molecule has 0 atom stereocenters. The van der Waals surface area contributed by atoms with Crippen molar-refractivity contribution in [1.29, 1.82) is 5.26 Å². The highest BCUT2D eigenvalue weighted by Crippen LogP contribution is 2.12. The summed E-state index contributed by atoms with van der Waals surface area (Å²) >= 11 is 0. The predicted octanol–water partition coefficient (Wildman–Crippen LogP) is 1.13. The molecule has 0 bridgehead atoms. The van der Waals surface area contributed by atoms with Crippen LogP contribution in [0.2, 0.25) is 0 Å². The van der Waals surface area contributed by atoms with Crippen molar-refractivity contribution in [3.63, 3.8) is 0 Å². The van der Waals surface area contributed by atoms with Crippen molar-refractivity contribution in [2.45, 2.75) is 13.1 Å². The number of carbonyl (C=O) groups excluding carboxylic acids is 1. The molecule has 0 aliphatic rings. The number of nitriles is 1. The molecule has 2 aromatic rings. The average molecular weight is 287 g/mol. The lowest BCUT2D eigenvalue weighted by Gasteiger charge is -2.17. The first-order valence-electron chi connectivity index (χ1n) is 6.20. The molecule has 2 rings (SSSR count). The van der Waals surface area contributed by atoms with E-state index in [4.69, 9.17) is 11.0 Å². The zero-order chi connectivity index (χ0) is 15.4. The molecule has 108 valence electrons. The quantitative estimate of drug-likeness (QED) is 0.913. The third kappa shape index (κ3) is 3.57. The van der Waals surface area contributed by atoms with Gasteiger partial charge in [-0.15, -0.1) is 0 Å². The van der Waals surface area contributed by atoms with E-state index in [1.165, 1.54) is 34.0 Å². The highest BCUT2D eigenvalue weighted by molar-refractivity contribution is 5.75. The molecule has 21 heavy (non-hydrogen) atoms. The number of amides is 1. The SMILES string of the molecule is CN(Cc1cc(C#N)ccc1F)C(=O)Cn1cc(N)cn1. The monoisotopic (exact) mass is 287 g/mol. The maximum atomic E-state index is 13.7. The van der Waals surface area contributed by atoms with Crippen molar-refractivity contribution in [2.75, 3.05) is 12.8 Å². The number of anilines is 1. The Kier molecular flexibility index (Phi) is 4.18. The largest absolute Gasteiger partial charge is 0.396 e. The van der Waals surface area contributed by atoms with Gasteiger partial charge < -0.3 is 10.6 Å². The molecule has 0 saturated carbocycles. The fraction of sp³-hybridized carbons (Fsp3) is 0.214. The molecule has 1 heterocycles. The number of rotatable bonds is 4. The van der Waals surface area contributed by atoms with E-state index in [0.717, 1.165) is 0 Å². The van der Waals surface area contributed by atoms with Crippen molar-refractivity contribution >= 4 is 11.6 Å². The Labute approximate surface area is 121 Å². The van der Waals surface area contributed by atoms with E-state index in [1.807, 2.05) is 6.07 Å². The standard InChI is InChI=1S/C14H14FN5O/c1-19(14(21)9-20-8-12(17)6-18-20)7-11-4-10(5-16)2-3-13(11)15/h2-4,6,8H,7,9,17H2,1H3. The summed E-state index contributed by atoms with van der Waals surface area (Å²) in [5.41, 5.74) is 6.64. The molecule has 0 radical (unpaired) electrons. The van der Waals surface area contributed by atoms with Gasteiger partial charge in [-0.1, -0.05) is 0 Å². The molecule has 1 aromatic heterocycles. The smallest absolute Gasteiger partial charge is 0.244 e. The highest BCUT2D eigenvalue weighted by Gasteiger charge is 2.13. The van der Waals surface area contributed by atoms with Crippen LogP contribution in [0.15, 0.2) is 30.6 Å². The van der Waals surface area contributed by atoms with Crippen molar-refractivity contribution < 1.29 is 9.18 Å². The molecular weight excluding hydrogens is 273 g/mol. The normalized spacial score (nSPS) is 10.1. The summed E-state index contributed by atoms with van der Waals surface area (Å²) in [4.78, 5) is 13.4. The third-order valence-electron chi connectivity index (χ3n) is 2.96. The van der Waals surface area contributed by atoms with Gasteiger partial charge >= 0.3 is 0 Å². The van der Waals surface area contributed by atoms with Crippen LogP contribution in [-0.2, 0) is 17.9 Å². The molecule has 1 aromatic carbocycles. The molecule has 6 nitrogen and oxygen atoms in total. The lowest BCUT2D eigenvalue weighted by atomic mass is 10.1. The molecule has 0 unspecified atom stereocenters. The molecule has 0 fully saturated rings. The van der Waals surface area contributed by atoms with Gasteiger partial charge in [-0.05, 0) is 18.2 Å². The van der Waals surface area contributed by atoms with Gasteiger partial charge in [0.05, 0.1) is 23.5 Å². The third-order valence-corrected chi connectivity index (χ3v) is 2.96. The van der Waals surface area contributed by atoms with Crippen molar-refractivity contribution in [3.05, 3.63) is 47.5 Å². The summed E-state index contributed by atoms with van der Waals surface area (Å²) in [5, 5.41) is 12.7. The molecule has 0 aliphatic heterocycles. The highest BCUT2D eigenvalue weighted by atomic mass is 19.1. The fourth-order valence-electron chi connectivity index (χ4n) is 1.83.